The summed E-state index contributed by atoms with van der Waals surface area (Å²) in [7, 11) is 0. The summed E-state index contributed by atoms with van der Waals surface area (Å²) in [5, 5.41) is 0. The molecule has 3 nitrogen and oxygen atoms in total. The van der Waals surface area contributed by atoms with Gasteiger partial charge in [-0.2, -0.15) is 0 Å². The summed E-state index contributed by atoms with van der Waals surface area (Å²) in [5.41, 5.74) is 4.51. The molecular weight excluding hydrogens is 504 g/mol. The third-order valence-electron chi connectivity index (χ3n) is 7.84. The van der Waals surface area contributed by atoms with E-state index in [2.05, 4.69) is 71.1 Å². The molecule has 0 aliphatic heterocycles. The Balaban J connectivity index is 2.40. The third-order valence-corrected chi connectivity index (χ3v) is 7.84. The van der Waals surface area contributed by atoms with Crippen LogP contribution < -0.4 is 0 Å². The molecule has 0 saturated carbocycles. The summed E-state index contributed by atoms with van der Waals surface area (Å²) < 4.78 is 5.96. The van der Waals surface area contributed by atoms with Crippen molar-refractivity contribution in [3.8, 4) is 0 Å². The van der Waals surface area contributed by atoms with Crippen LogP contribution in [0.4, 0.5) is 0 Å². The highest BCUT2D eigenvalue weighted by molar-refractivity contribution is 5.70. The van der Waals surface area contributed by atoms with E-state index < -0.39 is 0 Å². The number of carbonyl (C=O) groups excluding carboxylic acids is 2. The van der Waals surface area contributed by atoms with E-state index in [1.54, 1.807) is 6.08 Å². The number of rotatable bonds is 20. The molecule has 0 N–H and O–H groups in total. The second kappa shape index (κ2) is 22.0. The van der Waals surface area contributed by atoms with E-state index >= 15 is 0 Å². The van der Waals surface area contributed by atoms with Gasteiger partial charge in [0.15, 0.2) is 0 Å². The molecule has 0 aromatic heterocycles. The van der Waals surface area contributed by atoms with Gasteiger partial charge in [-0.1, -0.05) is 113 Å². The number of allylic oxidation sites excluding steroid dienone is 13. The smallest absolute Gasteiger partial charge is 0.306 e. The van der Waals surface area contributed by atoms with Crippen LogP contribution in [0.1, 0.15) is 131 Å². The first kappa shape index (κ1) is 36.3. The molecule has 3 heteroatoms. The van der Waals surface area contributed by atoms with Crippen molar-refractivity contribution in [3.63, 3.8) is 0 Å². The summed E-state index contributed by atoms with van der Waals surface area (Å²) in [6.07, 6.45) is 37.0. The highest BCUT2D eigenvalue weighted by atomic mass is 16.5. The number of hydrogen-bond donors (Lipinski definition) is 0. The SMILES string of the molecule is CCCCCC=CCC=CCCCCCCCC(=O)OC1CCC(C)(C)C(C=CC(C)=CC=CC(C)=CC=O)=C1C. The summed E-state index contributed by atoms with van der Waals surface area (Å²) in [4.78, 5) is 23.2. The molecule has 1 rings (SSSR count). The molecule has 0 aromatic rings. The molecule has 0 heterocycles. The Labute approximate surface area is 252 Å². The van der Waals surface area contributed by atoms with Crippen LogP contribution in [0.5, 0.6) is 0 Å². The van der Waals surface area contributed by atoms with Gasteiger partial charge in [0.25, 0.3) is 0 Å². The molecule has 0 bridgehead atoms. The van der Waals surface area contributed by atoms with Crippen molar-refractivity contribution in [1.29, 1.82) is 0 Å². The molecule has 1 unspecified atom stereocenters. The number of carbonyl (C=O) groups is 2. The van der Waals surface area contributed by atoms with E-state index in [0.29, 0.717) is 6.42 Å². The lowest BCUT2D eigenvalue weighted by Crippen LogP contribution is -2.30. The topological polar surface area (TPSA) is 43.4 Å². The number of hydrogen-bond acceptors (Lipinski definition) is 3. The molecule has 1 atom stereocenters. The second-order valence-corrected chi connectivity index (χ2v) is 12.1. The first-order valence-electron chi connectivity index (χ1n) is 16.1. The molecular formula is C38H58O3. The highest BCUT2D eigenvalue weighted by Crippen LogP contribution is 2.42. The van der Waals surface area contributed by atoms with E-state index in [4.69, 9.17) is 4.74 Å². The van der Waals surface area contributed by atoms with Crippen LogP contribution in [-0.2, 0) is 14.3 Å². The van der Waals surface area contributed by atoms with Crippen molar-refractivity contribution < 1.29 is 14.3 Å². The average molecular weight is 563 g/mol. The number of unbranched alkanes of at least 4 members (excludes halogenated alkanes) is 8. The lowest BCUT2D eigenvalue weighted by atomic mass is 9.71. The maximum absolute atomic E-state index is 12.6. The van der Waals surface area contributed by atoms with Gasteiger partial charge in [0.1, 0.15) is 12.4 Å². The summed E-state index contributed by atoms with van der Waals surface area (Å²) in [5.74, 6) is -0.0666. The molecule has 228 valence electrons. The Bertz CT molecular complexity index is 981. The normalized spacial score (nSPS) is 18.4. The first-order valence-corrected chi connectivity index (χ1v) is 16.1. The number of aldehydes is 1. The van der Waals surface area contributed by atoms with Crippen LogP contribution >= 0.6 is 0 Å². The molecule has 1 aliphatic carbocycles. The molecule has 0 aromatic carbocycles. The van der Waals surface area contributed by atoms with Crippen molar-refractivity contribution >= 4 is 12.3 Å². The van der Waals surface area contributed by atoms with Crippen LogP contribution in [0.15, 0.2) is 83.1 Å². The van der Waals surface area contributed by atoms with Gasteiger partial charge < -0.3 is 4.74 Å². The van der Waals surface area contributed by atoms with E-state index in [-0.39, 0.29) is 17.5 Å². The van der Waals surface area contributed by atoms with Crippen LogP contribution in [0.25, 0.3) is 0 Å². The lowest BCUT2D eigenvalue weighted by molar-refractivity contribution is -0.148. The van der Waals surface area contributed by atoms with Crippen molar-refractivity contribution in [3.05, 3.63) is 83.1 Å². The predicted molar refractivity (Wildman–Crippen MR) is 177 cm³/mol. The fourth-order valence-electron chi connectivity index (χ4n) is 5.14. The van der Waals surface area contributed by atoms with Gasteiger partial charge in [0.05, 0.1) is 0 Å². The Hall–Kier alpha value is -2.68. The molecule has 41 heavy (non-hydrogen) atoms. The second-order valence-electron chi connectivity index (χ2n) is 12.1. The van der Waals surface area contributed by atoms with E-state index in [9.17, 15) is 9.59 Å². The van der Waals surface area contributed by atoms with Gasteiger partial charge in [0, 0.05) is 6.42 Å². The number of ether oxygens (including phenoxy) is 1. The van der Waals surface area contributed by atoms with E-state index in [1.165, 1.54) is 56.1 Å². The fraction of sp³-hybridized carbons (Fsp3) is 0.579. The zero-order valence-corrected chi connectivity index (χ0v) is 27.1. The van der Waals surface area contributed by atoms with Crippen LogP contribution in [0.3, 0.4) is 0 Å². The maximum Gasteiger partial charge on any atom is 0.306 e. The van der Waals surface area contributed by atoms with E-state index in [0.717, 1.165) is 56.0 Å². The van der Waals surface area contributed by atoms with Gasteiger partial charge in [0.2, 0.25) is 0 Å². The summed E-state index contributed by atoms with van der Waals surface area (Å²) >= 11 is 0. The van der Waals surface area contributed by atoms with Crippen LogP contribution in [-0.4, -0.2) is 18.4 Å². The minimum atomic E-state index is -0.131. The van der Waals surface area contributed by atoms with Gasteiger partial charge in [-0.05, 0) is 100 Å². The van der Waals surface area contributed by atoms with Gasteiger partial charge in [-0.3, -0.25) is 9.59 Å². The Kier molecular flexibility index (Phi) is 19.5. The van der Waals surface area contributed by atoms with Crippen molar-refractivity contribution in [2.45, 2.75) is 138 Å². The molecule has 1 aliphatic rings. The molecule has 0 radical (unpaired) electrons. The minimum absolute atomic E-state index is 0.0447. The standard InChI is InChI=1S/C38H58O3/c1-7-8-9-10-11-12-13-14-15-16-17-18-19-20-21-25-37(40)41-36-28-30-38(5,6)35(34(36)4)27-26-32(2)23-22-24-33(3)29-31-39/h11-12,14-15,22-24,26-27,29,31,36H,7-10,13,16-21,25,28,30H2,1-6H3. The zero-order chi connectivity index (χ0) is 30.3. The quantitative estimate of drug-likeness (QED) is 0.0370. The van der Waals surface area contributed by atoms with Crippen molar-refractivity contribution in [2.75, 3.05) is 0 Å². The summed E-state index contributed by atoms with van der Waals surface area (Å²) in [6, 6.07) is 0. The van der Waals surface area contributed by atoms with Gasteiger partial charge >= 0.3 is 5.97 Å². The largest absolute Gasteiger partial charge is 0.458 e. The molecule has 0 fully saturated rings. The highest BCUT2D eigenvalue weighted by Gasteiger charge is 2.33. The monoisotopic (exact) mass is 562 g/mol. The van der Waals surface area contributed by atoms with Crippen molar-refractivity contribution in [2.24, 2.45) is 5.41 Å². The Morgan fingerprint density at radius 2 is 1.51 bits per heavy atom. The zero-order valence-electron chi connectivity index (χ0n) is 27.1. The number of esters is 1. The average Bonchev–Trinajstić information content (AvgIpc) is 2.92. The first-order chi connectivity index (χ1) is 19.7. The van der Waals surface area contributed by atoms with Gasteiger partial charge in [-0.25, -0.2) is 0 Å². The molecule has 0 spiro atoms. The molecule has 0 amide bonds. The minimum Gasteiger partial charge on any atom is -0.458 e. The van der Waals surface area contributed by atoms with Crippen LogP contribution in [0.2, 0.25) is 0 Å². The third kappa shape index (κ3) is 17.0. The van der Waals surface area contributed by atoms with Crippen molar-refractivity contribution in [1.82, 2.24) is 0 Å². The summed E-state index contributed by atoms with van der Waals surface area (Å²) in [6.45, 7) is 12.9. The fourth-order valence-corrected chi connectivity index (χ4v) is 5.14. The van der Waals surface area contributed by atoms with Crippen LogP contribution in [0, 0.1) is 5.41 Å². The molecule has 0 saturated heterocycles. The Morgan fingerprint density at radius 1 is 0.878 bits per heavy atom. The maximum atomic E-state index is 12.6. The predicted octanol–water partition coefficient (Wildman–Crippen LogP) is 11.1. The Morgan fingerprint density at radius 3 is 2.20 bits per heavy atom. The van der Waals surface area contributed by atoms with Gasteiger partial charge in [-0.15, -0.1) is 0 Å². The lowest BCUT2D eigenvalue weighted by Gasteiger charge is -2.37. The van der Waals surface area contributed by atoms with E-state index in [1.807, 2.05) is 25.2 Å².